The van der Waals surface area contributed by atoms with Crippen LogP contribution in [-0.4, -0.2) is 42.9 Å². The minimum Gasteiger partial charge on any atom is -0.497 e. The number of rotatable bonds is 8. The number of methoxy groups -OCH3 is 1. The van der Waals surface area contributed by atoms with E-state index >= 15 is 0 Å². The van der Waals surface area contributed by atoms with E-state index in [1.54, 1.807) is 30.2 Å². The third-order valence-corrected chi connectivity index (χ3v) is 6.01. The van der Waals surface area contributed by atoms with Crippen LogP contribution in [0.25, 0.3) is 0 Å². The summed E-state index contributed by atoms with van der Waals surface area (Å²) in [6, 6.07) is 11.9. The predicted octanol–water partition coefficient (Wildman–Crippen LogP) is 4.06. The summed E-state index contributed by atoms with van der Waals surface area (Å²) in [5.74, 6) is 1.42. The van der Waals surface area contributed by atoms with Crippen LogP contribution in [0.3, 0.4) is 0 Å². The summed E-state index contributed by atoms with van der Waals surface area (Å²) in [6.07, 6.45) is 2.31. The molecule has 1 aliphatic rings. The molecule has 1 aliphatic heterocycles. The molecule has 4 nitrogen and oxygen atoms in total. The molecule has 1 atom stereocenters. The van der Waals surface area contributed by atoms with Crippen LogP contribution in [0.1, 0.15) is 17.7 Å². The molecule has 1 amide bonds. The SMILES string of the molecule is COc1ccc(SCC(=O)N(Cc2cccs2)CC2CCCO2)cc1. The Morgan fingerprint density at radius 2 is 2.20 bits per heavy atom. The minimum atomic E-state index is 0.157. The summed E-state index contributed by atoms with van der Waals surface area (Å²) in [7, 11) is 1.65. The van der Waals surface area contributed by atoms with Gasteiger partial charge in [0.05, 0.1) is 25.5 Å². The number of thioether (sulfide) groups is 1. The second-order valence-electron chi connectivity index (χ2n) is 5.95. The fourth-order valence-electron chi connectivity index (χ4n) is 2.79. The van der Waals surface area contributed by atoms with Gasteiger partial charge < -0.3 is 14.4 Å². The van der Waals surface area contributed by atoms with Crippen molar-refractivity contribution in [2.45, 2.75) is 30.4 Å². The second kappa shape index (κ2) is 9.27. The summed E-state index contributed by atoms with van der Waals surface area (Å²) in [4.78, 5) is 17.0. The molecule has 1 unspecified atom stereocenters. The molecule has 134 valence electrons. The third-order valence-electron chi connectivity index (χ3n) is 4.15. The van der Waals surface area contributed by atoms with Crippen molar-refractivity contribution in [2.24, 2.45) is 0 Å². The van der Waals surface area contributed by atoms with Crippen molar-refractivity contribution >= 4 is 29.0 Å². The normalized spacial score (nSPS) is 16.8. The monoisotopic (exact) mass is 377 g/mol. The van der Waals surface area contributed by atoms with Crippen LogP contribution in [-0.2, 0) is 16.1 Å². The highest BCUT2D eigenvalue weighted by atomic mass is 32.2. The fraction of sp³-hybridized carbons (Fsp3) is 0.421. The van der Waals surface area contributed by atoms with Crippen molar-refractivity contribution in [3.63, 3.8) is 0 Å². The molecule has 0 N–H and O–H groups in total. The minimum absolute atomic E-state index is 0.157. The van der Waals surface area contributed by atoms with Gasteiger partial charge in [0.25, 0.3) is 0 Å². The zero-order valence-electron chi connectivity index (χ0n) is 14.3. The van der Waals surface area contributed by atoms with E-state index in [4.69, 9.17) is 9.47 Å². The first-order valence-corrected chi connectivity index (χ1v) is 10.3. The third kappa shape index (κ3) is 5.49. The topological polar surface area (TPSA) is 38.8 Å². The van der Waals surface area contributed by atoms with Gasteiger partial charge in [-0.3, -0.25) is 4.79 Å². The highest BCUT2D eigenvalue weighted by molar-refractivity contribution is 8.00. The molecule has 0 spiro atoms. The van der Waals surface area contributed by atoms with Gasteiger partial charge in [-0.05, 0) is 48.6 Å². The second-order valence-corrected chi connectivity index (χ2v) is 8.03. The van der Waals surface area contributed by atoms with E-state index < -0.39 is 0 Å². The van der Waals surface area contributed by atoms with E-state index in [0.717, 1.165) is 30.1 Å². The molecule has 1 aromatic heterocycles. The Morgan fingerprint density at radius 3 is 2.84 bits per heavy atom. The number of nitrogens with zero attached hydrogens (tertiary/aromatic N) is 1. The summed E-state index contributed by atoms with van der Waals surface area (Å²) >= 11 is 3.25. The number of carbonyl (C=O) groups excluding carboxylic acids is 1. The maximum Gasteiger partial charge on any atom is 0.233 e. The van der Waals surface area contributed by atoms with E-state index in [1.165, 1.54) is 4.88 Å². The smallest absolute Gasteiger partial charge is 0.233 e. The lowest BCUT2D eigenvalue weighted by Gasteiger charge is -2.25. The lowest BCUT2D eigenvalue weighted by Crippen LogP contribution is -2.37. The van der Waals surface area contributed by atoms with E-state index in [9.17, 15) is 4.79 Å². The first-order chi connectivity index (χ1) is 12.2. The Kier molecular flexibility index (Phi) is 6.78. The number of benzene rings is 1. The van der Waals surface area contributed by atoms with Gasteiger partial charge in [-0.25, -0.2) is 0 Å². The number of ether oxygens (including phenoxy) is 2. The van der Waals surface area contributed by atoms with Crippen LogP contribution in [0, 0.1) is 0 Å². The first kappa shape index (κ1) is 18.3. The van der Waals surface area contributed by atoms with E-state index in [1.807, 2.05) is 35.2 Å². The van der Waals surface area contributed by atoms with Crippen LogP contribution in [0.2, 0.25) is 0 Å². The van der Waals surface area contributed by atoms with Crippen molar-refractivity contribution in [1.29, 1.82) is 0 Å². The largest absolute Gasteiger partial charge is 0.497 e. The standard InChI is InChI=1S/C19H23NO3S2/c1-22-15-6-8-17(9-7-15)25-14-19(21)20(12-16-4-2-10-23-16)13-18-5-3-11-24-18/h3,5-9,11,16H,2,4,10,12-14H2,1H3. The van der Waals surface area contributed by atoms with Gasteiger partial charge in [-0.1, -0.05) is 6.07 Å². The molecule has 3 rings (SSSR count). The molecule has 6 heteroatoms. The zero-order valence-corrected chi connectivity index (χ0v) is 16.0. The first-order valence-electron chi connectivity index (χ1n) is 8.43. The molecule has 0 bridgehead atoms. The molecule has 1 fully saturated rings. The lowest BCUT2D eigenvalue weighted by molar-refractivity contribution is -0.130. The molecular formula is C19H23NO3S2. The predicted molar refractivity (Wildman–Crippen MR) is 102 cm³/mol. The molecule has 0 radical (unpaired) electrons. The van der Waals surface area contributed by atoms with Gasteiger partial charge in [0.1, 0.15) is 5.75 Å². The Balaban J connectivity index is 1.58. The van der Waals surface area contributed by atoms with Crippen LogP contribution < -0.4 is 4.74 Å². The van der Waals surface area contributed by atoms with Gasteiger partial charge in [-0.2, -0.15) is 0 Å². The van der Waals surface area contributed by atoms with E-state index in [0.29, 0.717) is 18.8 Å². The Labute approximate surface area is 157 Å². The molecule has 0 aliphatic carbocycles. The molecule has 1 saturated heterocycles. The van der Waals surface area contributed by atoms with Gasteiger partial charge in [0.2, 0.25) is 5.91 Å². The van der Waals surface area contributed by atoms with Gasteiger partial charge >= 0.3 is 0 Å². The van der Waals surface area contributed by atoms with E-state index in [2.05, 4.69) is 11.4 Å². The highest BCUT2D eigenvalue weighted by Gasteiger charge is 2.23. The zero-order chi connectivity index (χ0) is 17.5. The molecule has 2 aromatic rings. The molecule has 1 aromatic carbocycles. The van der Waals surface area contributed by atoms with Crippen molar-refractivity contribution < 1.29 is 14.3 Å². The van der Waals surface area contributed by atoms with Crippen LogP contribution >= 0.6 is 23.1 Å². The Bertz CT molecular complexity index is 652. The summed E-state index contributed by atoms with van der Waals surface area (Å²) in [6.45, 7) is 2.16. The maximum atomic E-state index is 12.8. The average molecular weight is 378 g/mol. The van der Waals surface area contributed by atoms with Crippen molar-refractivity contribution in [1.82, 2.24) is 4.90 Å². The van der Waals surface area contributed by atoms with Crippen molar-refractivity contribution in [3.8, 4) is 5.75 Å². The fourth-order valence-corrected chi connectivity index (χ4v) is 4.31. The molecule has 0 saturated carbocycles. The van der Waals surface area contributed by atoms with Gasteiger partial charge in [0.15, 0.2) is 0 Å². The lowest BCUT2D eigenvalue weighted by atomic mass is 10.2. The molecular weight excluding hydrogens is 354 g/mol. The molecule has 2 heterocycles. The Morgan fingerprint density at radius 1 is 1.36 bits per heavy atom. The maximum absolute atomic E-state index is 12.8. The number of hydrogen-bond donors (Lipinski definition) is 0. The molecule has 25 heavy (non-hydrogen) atoms. The number of amides is 1. The van der Waals surface area contributed by atoms with Crippen molar-refractivity contribution in [3.05, 3.63) is 46.7 Å². The van der Waals surface area contributed by atoms with Crippen molar-refractivity contribution in [2.75, 3.05) is 26.0 Å². The quantitative estimate of drug-likeness (QED) is 0.651. The number of carbonyl (C=O) groups is 1. The summed E-state index contributed by atoms with van der Waals surface area (Å²) < 4.78 is 10.9. The Hall–Kier alpha value is -1.50. The number of hydrogen-bond acceptors (Lipinski definition) is 5. The van der Waals surface area contributed by atoms with Crippen LogP contribution in [0.5, 0.6) is 5.75 Å². The average Bonchev–Trinajstić information content (AvgIpc) is 3.33. The summed E-state index contributed by atoms with van der Waals surface area (Å²) in [5, 5.41) is 2.05. The van der Waals surface area contributed by atoms with Gasteiger partial charge in [-0.15, -0.1) is 23.1 Å². The van der Waals surface area contributed by atoms with Crippen LogP contribution in [0.15, 0.2) is 46.7 Å². The summed E-state index contributed by atoms with van der Waals surface area (Å²) in [5.41, 5.74) is 0. The van der Waals surface area contributed by atoms with E-state index in [-0.39, 0.29) is 12.0 Å². The highest BCUT2D eigenvalue weighted by Crippen LogP contribution is 2.23. The number of thiophene rings is 1. The van der Waals surface area contributed by atoms with Crippen LogP contribution in [0.4, 0.5) is 0 Å². The van der Waals surface area contributed by atoms with Gasteiger partial charge in [0, 0.05) is 22.9 Å².